The molecule has 2 rings (SSSR count). The topological polar surface area (TPSA) is 80.9 Å². The van der Waals surface area contributed by atoms with Gasteiger partial charge in [0.05, 0.1) is 0 Å². The Morgan fingerprint density at radius 3 is 2.94 bits per heavy atom. The Hall–Kier alpha value is -1.01. The molecule has 6 heteroatoms. The van der Waals surface area contributed by atoms with E-state index in [9.17, 15) is 4.79 Å². The number of carbonyl (C=O) groups is 1. The smallest absolute Gasteiger partial charge is 0.229 e. The molecule has 1 saturated carbocycles. The van der Waals surface area contributed by atoms with Crippen LogP contribution in [-0.4, -0.2) is 22.1 Å². The van der Waals surface area contributed by atoms with Crippen LogP contribution < -0.4 is 11.1 Å². The largest absolute Gasteiger partial charge is 0.328 e. The molecule has 2 atom stereocenters. The van der Waals surface area contributed by atoms with Crippen LogP contribution in [0.4, 0.5) is 5.13 Å². The Morgan fingerprint density at radius 2 is 2.38 bits per heavy atom. The Kier molecular flexibility index (Phi) is 3.50. The molecule has 1 fully saturated rings. The molecular formula is C10H16N4OS. The normalized spacial score (nSPS) is 24.6. The fourth-order valence-corrected chi connectivity index (χ4v) is 2.59. The molecule has 0 aromatic carbocycles. The van der Waals surface area contributed by atoms with Gasteiger partial charge in [0.15, 0.2) is 0 Å². The van der Waals surface area contributed by atoms with Crippen LogP contribution in [0.15, 0.2) is 0 Å². The average molecular weight is 240 g/mol. The first-order valence-electron chi connectivity index (χ1n) is 5.58. The summed E-state index contributed by atoms with van der Waals surface area (Å²) in [5.41, 5.74) is 5.78. The fourth-order valence-electron chi connectivity index (χ4n) is 1.91. The average Bonchev–Trinajstić information content (AvgIpc) is 2.87. The molecule has 3 N–H and O–H groups in total. The van der Waals surface area contributed by atoms with Crippen LogP contribution in [0, 0.1) is 5.92 Å². The summed E-state index contributed by atoms with van der Waals surface area (Å²) < 4.78 is 0. The minimum atomic E-state index is 0.0340. The number of carbonyl (C=O) groups excluding carboxylic acids is 1. The maximum atomic E-state index is 11.8. The number of nitrogens with one attached hydrogen (secondary N) is 1. The van der Waals surface area contributed by atoms with Crippen LogP contribution >= 0.6 is 11.3 Å². The highest BCUT2D eigenvalue weighted by Crippen LogP contribution is 2.26. The number of aryl methyl sites for hydroxylation is 1. The second kappa shape index (κ2) is 4.88. The van der Waals surface area contributed by atoms with Gasteiger partial charge in [-0.2, -0.15) is 0 Å². The van der Waals surface area contributed by atoms with Crippen molar-refractivity contribution in [1.29, 1.82) is 0 Å². The fraction of sp³-hybridized carbons (Fsp3) is 0.700. The summed E-state index contributed by atoms with van der Waals surface area (Å²) in [6, 6.07) is 0.177. The number of hydrogen-bond donors (Lipinski definition) is 2. The molecule has 0 aliphatic heterocycles. The number of nitrogens with two attached hydrogens (primary N) is 1. The molecule has 1 aromatic heterocycles. The summed E-state index contributed by atoms with van der Waals surface area (Å²) in [7, 11) is 0. The maximum Gasteiger partial charge on any atom is 0.229 e. The molecule has 1 aliphatic rings. The van der Waals surface area contributed by atoms with Crippen LogP contribution in [-0.2, 0) is 11.2 Å². The third-order valence-corrected chi connectivity index (χ3v) is 3.83. The maximum absolute atomic E-state index is 11.8. The van der Waals surface area contributed by atoms with Crippen molar-refractivity contribution in [3.05, 3.63) is 5.01 Å². The lowest BCUT2D eigenvalue weighted by atomic mass is 10.1. The van der Waals surface area contributed by atoms with Gasteiger partial charge < -0.3 is 11.1 Å². The number of hydrogen-bond acceptors (Lipinski definition) is 5. The Bertz CT molecular complexity index is 379. The lowest BCUT2D eigenvalue weighted by Gasteiger charge is -2.07. The predicted octanol–water partition coefficient (Wildman–Crippen LogP) is 1.17. The SMILES string of the molecule is CCc1nnc(NC(=O)C2CCC(N)C2)s1. The molecule has 2 unspecified atom stereocenters. The van der Waals surface area contributed by atoms with E-state index in [0.717, 1.165) is 30.7 Å². The van der Waals surface area contributed by atoms with Gasteiger partial charge in [0.1, 0.15) is 5.01 Å². The van der Waals surface area contributed by atoms with Crippen molar-refractivity contribution >= 4 is 22.4 Å². The quantitative estimate of drug-likeness (QED) is 0.831. The van der Waals surface area contributed by atoms with Gasteiger partial charge in [-0.15, -0.1) is 10.2 Å². The van der Waals surface area contributed by atoms with Crippen LogP contribution in [0.5, 0.6) is 0 Å². The van der Waals surface area contributed by atoms with E-state index in [0.29, 0.717) is 5.13 Å². The highest BCUT2D eigenvalue weighted by Gasteiger charge is 2.28. The first kappa shape index (κ1) is 11.5. The van der Waals surface area contributed by atoms with Gasteiger partial charge in [0.2, 0.25) is 11.0 Å². The zero-order valence-electron chi connectivity index (χ0n) is 9.27. The standard InChI is InChI=1S/C10H16N4OS/c1-2-8-13-14-10(16-8)12-9(15)6-3-4-7(11)5-6/h6-7H,2-5,11H2,1H3,(H,12,14,15). The Morgan fingerprint density at radius 1 is 1.56 bits per heavy atom. The van der Waals surface area contributed by atoms with Crippen molar-refractivity contribution in [2.24, 2.45) is 11.7 Å². The lowest BCUT2D eigenvalue weighted by Crippen LogP contribution is -2.23. The van der Waals surface area contributed by atoms with Crippen molar-refractivity contribution in [3.63, 3.8) is 0 Å². The summed E-state index contributed by atoms with van der Waals surface area (Å²) in [4.78, 5) is 11.8. The van der Waals surface area contributed by atoms with Crippen LogP contribution in [0.3, 0.4) is 0 Å². The summed E-state index contributed by atoms with van der Waals surface area (Å²) in [6.07, 6.45) is 3.45. The summed E-state index contributed by atoms with van der Waals surface area (Å²) in [5, 5.41) is 12.2. The van der Waals surface area contributed by atoms with Gasteiger partial charge in [-0.05, 0) is 25.7 Å². The molecule has 1 amide bonds. The molecule has 0 radical (unpaired) electrons. The number of rotatable bonds is 3. The second-order valence-electron chi connectivity index (χ2n) is 4.11. The minimum Gasteiger partial charge on any atom is -0.328 e. The summed E-state index contributed by atoms with van der Waals surface area (Å²) in [5.74, 6) is 0.0794. The van der Waals surface area contributed by atoms with E-state index >= 15 is 0 Å². The molecule has 0 bridgehead atoms. The highest BCUT2D eigenvalue weighted by atomic mass is 32.1. The second-order valence-corrected chi connectivity index (χ2v) is 5.18. The zero-order chi connectivity index (χ0) is 11.5. The van der Waals surface area contributed by atoms with E-state index < -0.39 is 0 Å². The van der Waals surface area contributed by atoms with E-state index in [1.807, 2.05) is 6.92 Å². The molecule has 1 aliphatic carbocycles. The predicted molar refractivity (Wildman–Crippen MR) is 63.2 cm³/mol. The van der Waals surface area contributed by atoms with Gasteiger partial charge in [-0.3, -0.25) is 4.79 Å². The number of aromatic nitrogens is 2. The first-order valence-corrected chi connectivity index (χ1v) is 6.39. The molecule has 1 heterocycles. The molecule has 0 spiro atoms. The summed E-state index contributed by atoms with van der Waals surface area (Å²) >= 11 is 1.44. The van der Waals surface area contributed by atoms with Crippen molar-refractivity contribution in [2.75, 3.05) is 5.32 Å². The van der Waals surface area contributed by atoms with E-state index in [4.69, 9.17) is 5.73 Å². The molecule has 0 saturated heterocycles. The molecule has 1 aromatic rings. The van der Waals surface area contributed by atoms with Gasteiger partial charge in [0.25, 0.3) is 0 Å². The minimum absolute atomic E-state index is 0.0340. The summed E-state index contributed by atoms with van der Waals surface area (Å²) in [6.45, 7) is 2.02. The van der Waals surface area contributed by atoms with Crippen molar-refractivity contribution in [3.8, 4) is 0 Å². The Balaban J connectivity index is 1.91. The zero-order valence-corrected chi connectivity index (χ0v) is 10.1. The first-order chi connectivity index (χ1) is 7.69. The van der Waals surface area contributed by atoms with Crippen LogP contribution in [0.2, 0.25) is 0 Å². The van der Waals surface area contributed by atoms with Crippen molar-refractivity contribution in [2.45, 2.75) is 38.6 Å². The third-order valence-electron chi connectivity index (χ3n) is 2.84. The van der Waals surface area contributed by atoms with Crippen LogP contribution in [0.1, 0.15) is 31.2 Å². The van der Waals surface area contributed by atoms with Gasteiger partial charge in [-0.25, -0.2) is 0 Å². The lowest BCUT2D eigenvalue weighted by molar-refractivity contribution is -0.119. The number of nitrogens with zero attached hydrogens (tertiary/aromatic N) is 2. The van der Waals surface area contributed by atoms with E-state index in [-0.39, 0.29) is 17.9 Å². The molecule has 16 heavy (non-hydrogen) atoms. The van der Waals surface area contributed by atoms with Gasteiger partial charge >= 0.3 is 0 Å². The molecule has 88 valence electrons. The Labute approximate surface area is 98.4 Å². The van der Waals surface area contributed by atoms with E-state index in [1.54, 1.807) is 0 Å². The number of anilines is 1. The van der Waals surface area contributed by atoms with Crippen molar-refractivity contribution in [1.82, 2.24) is 10.2 Å². The third kappa shape index (κ3) is 2.56. The monoisotopic (exact) mass is 240 g/mol. The molecular weight excluding hydrogens is 224 g/mol. The van der Waals surface area contributed by atoms with Gasteiger partial charge in [-0.1, -0.05) is 18.3 Å². The van der Waals surface area contributed by atoms with E-state index in [2.05, 4.69) is 15.5 Å². The van der Waals surface area contributed by atoms with Crippen molar-refractivity contribution < 1.29 is 4.79 Å². The molecule has 5 nitrogen and oxygen atoms in total. The van der Waals surface area contributed by atoms with Gasteiger partial charge in [0, 0.05) is 12.0 Å². The highest BCUT2D eigenvalue weighted by molar-refractivity contribution is 7.15. The number of amides is 1. The van der Waals surface area contributed by atoms with Crippen LogP contribution in [0.25, 0.3) is 0 Å². The van der Waals surface area contributed by atoms with E-state index in [1.165, 1.54) is 11.3 Å².